The molecule has 0 aliphatic heterocycles. The van der Waals surface area contributed by atoms with Crippen LogP contribution in [0.4, 0.5) is 5.69 Å². The SMILES string of the molecule is CCOc1ccc(NC(=O)COC(=O)CNC(=O)c2ccc3ccccc3c2)cc1. The van der Waals surface area contributed by atoms with Crippen LogP contribution >= 0.6 is 0 Å². The van der Waals surface area contributed by atoms with Crippen LogP contribution in [0.25, 0.3) is 10.8 Å². The molecule has 0 aliphatic rings. The third kappa shape index (κ3) is 5.81. The second kappa shape index (κ2) is 10.1. The number of rotatable bonds is 8. The highest BCUT2D eigenvalue weighted by atomic mass is 16.5. The number of hydrogen-bond donors (Lipinski definition) is 2. The van der Waals surface area contributed by atoms with E-state index in [2.05, 4.69) is 10.6 Å². The van der Waals surface area contributed by atoms with Crippen molar-refractivity contribution in [2.45, 2.75) is 6.92 Å². The van der Waals surface area contributed by atoms with E-state index >= 15 is 0 Å². The zero-order valence-corrected chi connectivity index (χ0v) is 16.5. The van der Waals surface area contributed by atoms with Crippen LogP contribution in [-0.2, 0) is 14.3 Å². The second-order valence-corrected chi connectivity index (χ2v) is 6.41. The minimum Gasteiger partial charge on any atom is -0.494 e. The Bertz CT molecular complexity index is 1050. The molecular weight excluding hydrogens is 384 g/mol. The van der Waals surface area contributed by atoms with Gasteiger partial charge in [0.25, 0.3) is 11.8 Å². The summed E-state index contributed by atoms with van der Waals surface area (Å²) in [4.78, 5) is 36.0. The van der Waals surface area contributed by atoms with Gasteiger partial charge in [-0.15, -0.1) is 0 Å². The van der Waals surface area contributed by atoms with E-state index in [1.165, 1.54) is 0 Å². The number of fused-ring (bicyclic) bond motifs is 1. The molecule has 0 fully saturated rings. The van der Waals surface area contributed by atoms with Crippen molar-refractivity contribution in [3.05, 3.63) is 72.3 Å². The fourth-order valence-corrected chi connectivity index (χ4v) is 2.78. The molecule has 0 radical (unpaired) electrons. The van der Waals surface area contributed by atoms with E-state index in [4.69, 9.17) is 9.47 Å². The monoisotopic (exact) mass is 406 g/mol. The van der Waals surface area contributed by atoms with Crippen LogP contribution in [0.15, 0.2) is 66.7 Å². The lowest BCUT2D eigenvalue weighted by molar-refractivity contribution is -0.146. The predicted molar refractivity (Wildman–Crippen MR) is 113 cm³/mol. The van der Waals surface area contributed by atoms with Crippen LogP contribution < -0.4 is 15.4 Å². The molecule has 2 N–H and O–H groups in total. The molecule has 0 unspecified atom stereocenters. The molecular formula is C23H22N2O5. The van der Waals surface area contributed by atoms with Gasteiger partial charge in [0.05, 0.1) is 6.61 Å². The first kappa shape index (κ1) is 20.9. The number of benzene rings is 3. The fraction of sp³-hybridized carbons (Fsp3) is 0.174. The summed E-state index contributed by atoms with van der Waals surface area (Å²) in [5.74, 6) is -0.875. The fourth-order valence-electron chi connectivity index (χ4n) is 2.78. The molecule has 3 aromatic carbocycles. The predicted octanol–water partition coefficient (Wildman–Crippen LogP) is 3.15. The number of esters is 1. The van der Waals surface area contributed by atoms with Crippen molar-refractivity contribution in [3.8, 4) is 5.75 Å². The summed E-state index contributed by atoms with van der Waals surface area (Å²) in [6.45, 7) is 1.66. The zero-order valence-electron chi connectivity index (χ0n) is 16.5. The van der Waals surface area contributed by atoms with Crippen LogP contribution in [0.5, 0.6) is 5.75 Å². The lowest BCUT2D eigenvalue weighted by Gasteiger charge is -2.09. The molecule has 0 spiro atoms. The summed E-state index contributed by atoms with van der Waals surface area (Å²) in [6, 6.07) is 19.8. The largest absolute Gasteiger partial charge is 0.494 e. The Morgan fingerprint density at radius 1 is 0.900 bits per heavy atom. The Balaban J connectivity index is 1.42. The van der Waals surface area contributed by atoms with Crippen LogP contribution in [0, 0.1) is 0 Å². The highest BCUT2D eigenvalue weighted by Gasteiger charge is 2.11. The van der Waals surface area contributed by atoms with E-state index in [0.717, 1.165) is 10.8 Å². The van der Waals surface area contributed by atoms with Crippen LogP contribution in [-0.4, -0.2) is 37.5 Å². The highest BCUT2D eigenvalue weighted by Crippen LogP contribution is 2.16. The zero-order chi connectivity index (χ0) is 21.3. The number of carbonyl (C=O) groups excluding carboxylic acids is 3. The van der Waals surface area contributed by atoms with Crippen molar-refractivity contribution in [3.63, 3.8) is 0 Å². The summed E-state index contributed by atoms with van der Waals surface area (Å²) in [5.41, 5.74) is 0.999. The highest BCUT2D eigenvalue weighted by molar-refractivity contribution is 6.00. The van der Waals surface area contributed by atoms with Crippen LogP contribution in [0.3, 0.4) is 0 Å². The van der Waals surface area contributed by atoms with E-state index in [1.54, 1.807) is 36.4 Å². The summed E-state index contributed by atoms with van der Waals surface area (Å²) in [6.07, 6.45) is 0. The van der Waals surface area contributed by atoms with E-state index < -0.39 is 24.4 Å². The molecule has 3 rings (SSSR count). The van der Waals surface area contributed by atoms with E-state index in [1.807, 2.05) is 37.3 Å². The molecule has 30 heavy (non-hydrogen) atoms. The van der Waals surface area contributed by atoms with Gasteiger partial charge in [0.2, 0.25) is 0 Å². The van der Waals surface area contributed by atoms with Crippen molar-refractivity contribution in [2.24, 2.45) is 0 Å². The topological polar surface area (TPSA) is 93.7 Å². The number of hydrogen-bond acceptors (Lipinski definition) is 5. The van der Waals surface area contributed by atoms with Crippen molar-refractivity contribution in [1.29, 1.82) is 0 Å². The summed E-state index contributed by atoms with van der Waals surface area (Å²) < 4.78 is 10.2. The van der Waals surface area contributed by atoms with Gasteiger partial charge in [0.1, 0.15) is 12.3 Å². The molecule has 0 saturated heterocycles. The van der Waals surface area contributed by atoms with E-state index in [0.29, 0.717) is 23.6 Å². The lowest BCUT2D eigenvalue weighted by Crippen LogP contribution is -2.32. The van der Waals surface area contributed by atoms with Gasteiger partial charge in [-0.1, -0.05) is 30.3 Å². The molecule has 0 bridgehead atoms. The van der Waals surface area contributed by atoms with Gasteiger partial charge in [0, 0.05) is 11.3 Å². The number of ether oxygens (including phenoxy) is 2. The maximum Gasteiger partial charge on any atom is 0.325 e. The van der Waals surface area contributed by atoms with Crippen LogP contribution in [0.2, 0.25) is 0 Å². The molecule has 0 heterocycles. The maximum absolute atomic E-state index is 12.2. The lowest BCUT2D eigenvalue weighted by atomic mass is 10.1. The standard InChI is InChI=1S/C23H22N2O5/c1-2-29-20-11-9-19(10-12-20)25-21(26)15-30-22(27)14-24-23(28)18-8-7-16-5-3-4-6-17(16)13-18/h3-13H,2,14-15H2,1H3,(H,24,28)(H,25,26). The van der Waals surface area contributed by atoms with Gasteiger partial charge in [-0.3, -0.25) is 14.4 Å². The minimum absolute atomic E-state index is 0.331. The number of carbonyl (C=O) groups is 3. The molecule has 7 nitrogen and oxygen atoms in total. The van der Waals surface area contributed by atoms with Gasteiger partial charge in [-0.25, -0.2) is 0 Å². The maximum atomic E-state index is 12.2. The van der Waals surface area contributed by atoms with Gasteiger partial charge in [-0.05, 0) is 54.1 Å². The Morgan fingerprint density at radius 3 is 2.37 bits per heavy atom. The number of anilines is 1. The molecule has 0 aromatic heterocycles. The Kier molecular flexibility index (Phi) is 7.00. The molecule has 154 valence electrons. The van der Waals surface area contributed by atoms with Crippen LogP contribution in [0.1, 0.15) is 17.3 Å². The molecule has 7 heteroatoms. The summed E-state index contributed by atoms with van der Waals surface area (Å²) in [7, 11) is 0. The molecule has 3 aromatic rings. The number of nitrogens with one attached hydrogen (secondary N) is 2. The van der Waals surface area contributed by atoms with Gasteiger partial charge in [-0.2, -0.15) is 0 Å². The average Bonchev–Trinajstić information content (AvgIpc) is 2.77. The Hall–Kier alpha value is -3.87. The van der Waals surface area contributed by atoms with Crippen molar-refractivity contribution in [1.82, 2.24) is 5.32 Å². The summed E-state index contributed by atoms with van der Waals surface area (Å²) >= 11 is 0. The van der Waals surface area contributed by atoms with Crippen molar-refractivity contribution < 1.29 is 23.9 Å². The van der Waals surface area contributed by atoms with Gasteiger partial charge >= 0.3 is 5.97 Å². The smallest absolute Gasteiger partial charge is 0.325 e. The first-order chi connectivity index (χ1) is 14.5. The van der Waals surface area contributed by atoms with Crippen molar-refractivity contribution in [2.75, 3.05) is 25.1 Å². The van der Waals surface area contributed by atoms with Gasteiger partial charge in [0.15, 0.2) is 6.61 Å². The van der Waals surface area contributed by atoms with Gasteiger partial charge < -0.3 is 20.1 Å². The molecule has 0 saturated carbocycles. The normalized spacial score (nSPS) is 10.3. The number of amides is 2. The van der Waals surface area contributed by atoms with Crippen molar-refractivity contribution >= 4 is 34.2 Å². The molecule has 0 aliphatic carbocycles. The van der Waals surface area contributed by atoms with E-state index in [9.17, 15) is 14.4 Å². The quantitative estimate of drug-likeness (QED) is 0.561. The Labute approximate surface area is 174 Å². The first-order valence-electron chi connectivity index (χ1n) is 9.50. The average molecular weight is 406 g/mol. The third-order valence-corrected chi connectivity index (χ3v) is 4.22. The van der Waals surface area contributed by atoms with E-state index in [-0.39, 0.29) is 6.54 Å². The Morgan fingerprint density at radius 2 is 1.63 bits per heavy atom. The first-order valence-corrected chi connectivity index (χ1v) is 9.50. The molecule has 0 atom stereocenters. The molecule has 2 amide bonds. The second-order valence-electron chi connectivity index (χ2n) is 6.41. The third-order valence-electron chi connectivity index (χ3n) is 4.22. The minimum atomic E-state index is -0.703. The summed E-state index contributed by atoms with van der Waals surface area (Å²) in [5, 5.41) is 7.06.